The standard InChI is InChI=1S/C19H20N4O6/c1-2-12-8-9-20-18(15(12)6-7-17(25)26)22-16(24)11-21-19(27)13-4-3-5-14(10-13)23(28)29/h3-5,8-10H,2,6-7,11H2,1H3,(H,21,27)(H,25,26)(H,20,22,24). The number of carboxylic acids is 1. The van der Waals surface area contributed by atoms with Gasteiger partial charge in [-0.2, -0.15) is 0 Å². The first-order valence-corrected chi connectivity index (χ1v) is 8.82. The van der Waals surface area contributed by atoms with Crippen LogP contribution in [0.15, 0.2) is 36.5 Å². The number of amides is 2. The predicted octanol–water partition coefficient (Wildman–Crippen LogP) is 1.94. The third-order valence-electron chi connectivity index (χ3n) is 4.11. The summed E-state index contributed by atoms with van der Waals surface area (Å²) in [4.78, 5) is 49.5. The molecule has 1 aromatic heterocycles. The summed E-state index contributed by atoms with van der Waals surface area (Å²) < 4.78 is 0. The number of aromatic nitrogens is 1. The molecule has 10 heteroatoms. The van der Waals surface area contributed by atoms with Crippen molar-refractivity contribution in [1.29, 1.82) is 0 Å². The van der Waals surface area contributed by atoms with Gasteiger partial charge < -0.3 is 15.7 Å². The minimum Gasteiger partial charge on any atom is -0.481 e. The summed E-state index contributed by atoms with van der Waals surface area (Å²) in [5.41, 5.74) is 1.33. The van der Waals surface area contributed by atoms with Gasteiger partial charge in [0.25, 0.3) is 11.6 Å². The molecular formula is C19H20N4O6. The van der Waals surface area contributed by atoms with Crippen LogP contribution >= 0.6 is 0 Å². The molecular weight excluding hydrogens is 380 g/mol. The Kier molecular flexibility index (Phi) is 7.35. The smallest absolute Gasteiger partial charge is 0.303 e. The van der Waals surface area contributed by atoms with E-state index in [-0.39, 0.29) is 36.5 Å². The molecule has 0 spiro atoms. The van der Waals surface area contributed by atoms with E-state index in [1.54, 1.807) is 6.07 Å². The second-order valence-electron chi connectivity index (χ2n) is 6.08. The molecule has 2 aromatic rings. The van der Waals surface area contributed by atoms with Gasteiger partial charge in [0, 0.05) is 30.3 Å². The van der Waals surface area contributed by atoms with Gasteiger partial charge in [0.2, 0.25) is 5.91 Å². The van der Waals surface area contributed by atoms with Gasteiger partial charge in [-0.25, -0.2) is 4.98 Å². The molecule has 10 nitrogen and oxygen atoms in total. The van der Waals surface area contributed by atoms with E-state index < -0.39 is 22.7 Å². The molecule has 0 bridgehead atoms. The molecule has 0 aliphatic rings. The Morgan fingerprint density at radius 3 is 2.66 bits per heavy atom. The van der Waals surface area contributed by atoms with Crippen LogP contribution in [0.5, 0.6) is 0 Å². The third-order valence-corrected chi connectivity index (χ3v) is 4.11. The van der Waals surface area contributed by atoms with Crippen LogP contribution in [0.25, 0.3) is 0 Å². The zero-order valence-corrected chi connectivity index (χ0v) is 15.7. The van der Waals surface area contributed by atoms with Gasteiger partial charge in [0.05, 0.1) is 11.5 Å². The second kappa shape index (κ2) is 9.93. The number of pyridine rings is 1. The maximum atomic E-state index is 12.2. The van der Waals surface area contributed by atoms with Crippen molar-refractivity contribution in [3.63, 3.8) is 0 Å². The molecule has 0 radical (unpaired) electrons. The van der Waals surface area contributed by atoms with Crippen LogP contribution in [0, 0.1) is 10.1 Å². The van der Waals surface area contributed by atoms with Crippen LogP contribution in [0.3, 0.4) is 0 Å². The fraction of sp³-hybridized carbons (Fsp3) is 0.263. The SMILES string of the molecule is CCc1ccnc(NC(=O)CNC(=O)c2cccc([N+](=O)[O-])c2)c1CCC(=O)O. The Bertz CT molecular complexity index is 944. The molecule has 0 aliphatic heterocycles. The zero-order chi connectivity index (χ0) is 21.4. The highest BCUT2D eigenvalue weighted by atomic mass is 16.6. The maximum absolute atomic E-state index is 12.2. The Labute approximate surface area is 166 Å². The summed E-state index contributed by atoms with van der Waals surface area (Å²) in [6.07, 6.45) is 2.26. The van der Waals surface area contributed by atoms with E-state index in [1.807, 2.05) is 6.92 Å². The number of hydrogen-bond donors (Lipinski definition) is 3. The van der Waals surface area contributed by atoms with Crippen molar-refractivity contribution in [2.24, 2.45) is 0 Å². The molecule has 2 rings (SSSR count). The van der Waals surface area contributed by atoms with Gasteiger partial charge >= 0.3 is 5.97 Å². The van der Waals surface area contributed by atoms with Gasteiger partial charge in [0.1, 0.15) is 5.82 Å². The topological polar surface area (TPSA) is 152 Å². The van der Waals surface area contributed by atoms with Gasteiger partial charge in [-0.15, -0.1) is 0 Å². The van der Waals surface area contributed by atoms with Crippen LogP contribution in [0.1, 0.15) is 34.8 Å². The number of nitrogens with zero attached hydrogens (tertiary/aromatic N) is 2. The van der Waals surface area contributed by atoms with Crippen molar-refractivity contribution >= 4 is 29.3 Å². The lowest BCUT2D eigenvalue weighted by Crippen LogP contribution is -2.33. The van der Waals surface area contributed by atoms with Crippen LogP contribution in [-0.2, 0) is 22.4 Å². The van der Waals surface area contributed by atoms with Crippen LogP contribution in [-0.4, -0.2) is 39.3 Å². The highest BCUT2D eigenvalue weighted by Gasteiger charge is 2.15. The number of benzene rings is 1. The predicted molar refractivity (Wildman–Crippen MR) is 104 cm³/mol. The molecule has 0 atom stereocenters. The Balaban J connectivity index is 2.04. The zero-order valence-electron chi connectivity index (χ0n) is 15.7. The number of hydrogen-bond acceptors (Lipinski definition) is 6. The fourth-order valence-corrected chi connectivity index (χ4v) is 2.68. The lowest BCUT2D eigenvalue weighted by molar-refractivity contribution is -0.384. The molecule has 3 N–H and O–H groups in total. The molecule has 29 heavy (non-hydrogen) atoms. The van der Waals surface area contributed by atoms with E-state index in [1.165, 1.54) is 24.4 Å². The van der Waals surface area contributed by atoms with Gasteiger partial charge in [0.15, 0.2) is 0 Å². The van der Waals surface area contributed by atoms with Gasteiger partial charge in [-0.3, -0.25) is 24.5 Å². The summed E-state index contributed by atoms with van der Waals surface area (Å²) in [6.45, 7) is 1.53. The fourth-order valence-electron chi connectivity index (χ4n) is 2.68. The Morgan fingerprint density at radius 2 is 2.00 bits per heavy atom. The average molecular weight is 400 g/mol. The largest absolute Gasteiger partial charge is 0.481 e. The third kappa shape index (κ3) is 6.09. The number of nitro benzene ring substituents is 1. The molecule has 0 unspecified atom stereocenters. The first-order chi connectivity index (χ1) is 13.8. The first kappa shape index (κ1) is 21.5. The van der Waals surface area contributed by atoms with Gasteiger partial charge in [-0.05, 0) is 36.1 Å². The van der Waals surface area contributed by atoms with E-state index in [2.05, 4.69) is 15.6 Å². The summed E-state index contributed by atoms with van der Waals surface area (Å²) in [5, 5.41) is 24.7. The summed E-state index contributed by atoms with van der Waals surface area (Å²) in [7, 11) is 0. The van der Waals surface area contributed by atoms with Crippen LogP contribution in [0.4, 0.5) is 11.5 Å². The Morgan fingerprint density at radius 1 is 1.24 bits per heavy atom. The van der Waals surface area contributed by atoms with E-state index in [4.69, 9.17) is 5.11 Å². The summed E-state index contributed by atoms with van der Waals surface area (Å²) >= 11 is 0. The molecule has 0 saturated heterocycles. The lowest BCUT2D eigenvalue weighted by Gasteiger charge is -2.13. The van der Waals surface area contributed by atoms with Crippen molar-refractivity contribution in [1.82, 2.24) is 10.3 Å². The number of anilines is 1. The minimum absolute atomic E-state index is 0.0558. The summed E-state index contributed by atoms with van der Waals surface area (Å²) in [6, 6.07) is 6.91. The number of carbonyl (C=O) groups is 3. The lowest BCUT2D eigenvalue weighted by atomic mass is 10.0. The molecule has 0 aliphatic carbocycles. The van der Waals surface area contributed by atoms with Crippen molar-refractivity contribution in [3.8, 4) is 0 Å². The monoisotopic (exact) mass is 400 g/mol. The number of nitrogens with one attached hydrogen (secondary N) is 2. The highest BCUT2D eigenvalue weighted by Crippen LogP contribution is 2.20. The number of carboxylic acid groups (broad SMARTS) is 1. The van der Waals surface area contributed by atoms with Crippen molar-refractivity contribution < 1.29 is 24.4 Å². The van der Waals surface area contributed by atoms with E-state index in [0.717, 1.165) is 11.6 Å². The second-order valence-corrected chi connectivity index (χ2v) is 6.08. The van der Waals surface area contributed by atoms with Gasteiger partial charge in [-0.1, -0.05) is 13.0 Å². The molecule has 2 amide bonds. The minimum atomic E-state index is -0.961. The molecule has 1 heterocycles. The molecule has 0 fully saturated rings. The van der Waals surface area contributed by atoms with E-state index in [0.29, 0.717) is 12.0 Å². The summed E-state index contributed by atoms with van der Waals surface area (Å²) in [5.74, 6) is -1.90. The van der Waals surface area contributed by atoms with Crippen molar-refractivity contribution in [2.75, 3.05) is 11.9 Å². The van der Waals surface area contributed by atoms with Crippen LogP contribution < -0.4 is 10.6 Å². The number of aliphatic carboxylic acids is 1. The van der Waals surface area contributed by atoms with Crippen LogP contribution in [0.2, 0.25) is 0 Å². The average Bonchev–Trinajstić information content (AvgIpc) is 2.70. The van der Waals surface area contributed by atoms with Crippen molar-refractivity contribution in [3.05, 3.63) is 63.3 Å². The number of non-ortho nitro benzene ring substituents is 1. The van der Waals surface area contributed by atoms with Crippen molar-refractivity contribution in [2.45, 2.75) is 26.2 Å². The molecule has 152 valence electrons. The quantitative estimate of drug-likeness (QED) is 0.430. The van der Waals surface area contributed by atoms with E-state index in [9.17, 15) is 24.5 Å². The first-order valence-electron chi connectivity index (χ1n) is 8.82. The highest BCUT2D eigenvalue weighted by molar-refractivity contribution is 5.99. The van der Waals surface area contributed by atoms with E-state index >= 15 is 0 Å². The molecule has 0 saturated carbocycles. The number of carbonyl (C=O) groups excluding carboxylic acids is 2. The maximum Gasteiger partial charge on any atom is 0.303 e. The number of aryl methyl sites for hydroxylation is 1. The normalized spacial score (nSPS) is 10.2. The molecule has 1 aromatic carbocycles. The Hall–Kier alpha value is -3.82. The number of nitro groups is 1. The number of rotatable bonds is 9.